The Balaban J connectivity index is 1.78. The van der Waals surface area contributed by atoms with Crippen LogP contribution in [0.3, 0.4) is 0 Å². The summed E-state index contributed by atoms with van der Waals surface area (Å²) in [6.45, 7) is 3.86. The summed E-state index contributed by atoms with van der Waals surface area (Å²) >= 11 is 0. The summed E-state index contributed by atoms with van der Waals surface area (Å²) in [5, 5.41) is 0. The van der Waals surface area contributed by atoms with Crippen LogP contribution < -0.4 is 0 Å². The first-order chi connectivity index (χ1) is 13.4. The number of alkyl halides is 3. The lowest BCUT2D eigenvalue weighted by Gasteiger charge is -2.12. The molecule has 144 valence electrons. The first kappa shape index (κ1) is 19.5. The van der Waals surface area contributed by atoms with E-state index < -0.39 is 11.7 Å². The third-order valence-electron chi connectivity index (χ3n) is 4.24. The van der Waals surface area contributed by atoms with Crippen molar-refractivity contribution in [2.45, 2.75) is 19.1 Å². The maximum Gasteiger partial charge on any atom is 0.416 e. The van der Waals surface area contributed by atoms with Crippen molar-refractivity contribution in [3.05, 3.63) is 71.8 Å². The Labute approximate surface area is 160 Å². The molecule has 8 heteroatoms. The zero-order valence-corrected chi connectivity index (χ0v) is 15.2. The molecule has 0 amide bonds. The summed E-state index contributed by atoms with van der Waals surface area (Å²) in [5.41, 5.74) is 1.65. The molecule has 0 aliphatic heterocycles. The largest absolute Gasteiger partial charge is 0.416 e. The lowest BCUT2D eigenvalue weighted by molar-refractivity contribution is -0.138. The third kappa shape index (κ3) is 4.33. The topological polar surface area (TPSA) is 55.4 Å². The fourth-order valence-electron chi connectivity index (χ4n) is 2.88. The molecule has 3 rings (SSSR count). The second kappa shape index (κ2) is 8.16. The van der Waals surface area contributed by atoms with Gasteiger partial charge in [-0.2, -0.15) is 13.2 Å². The molecular formula is C20H18F3N5. The molecule has 0 spiro atoms. The van der Waals surface area contributed by atoms with E-state index in [0.29, 0.717) is 23.8 Å². The van der Waals surface area contributed by atoms with Gasteiger partial charge in [-0.15, -0.1) is 0 Å². The number of aliphatic imine (C=N–C) groups is 2. The van der Waals surface area contributed by atoms with Crippen LogP contribution in [-0.2, 0) is 19.1 Å². The van der Waals surface area contributed by atoms with E-state index >= 15 is 0 Å². The Kier molecular flexibility index (Phi) is 5.67. The van der Waals surface area contributed by atoms with Crippen molar-refractivity contribution in [3.63, 3.8) is 0 Å². The van der Waals surface area contributed by atoms with E-state index in [-0.39, 0.29) is 12.0 Å². The van der Waals surface area contributed by atoms with Gasteiger partial charge in [0, 0.05) is 31.5 Å². The highest BCUT2D eigenvalue weighted by Crippen LogP contribution is 2.32. The Hall–Kier alpha value is -3.29. The van der Waals surface area contributed by atoms with Gasteiger partial charge in [0.2, 0.25) is 0 Å². The van der Waals surface area contributed by atoms with Gasteiger partial charge in [0.15, 0.2) is 5.84 Å². The number of aryl methyl sites for hydroxylation is 2. The molecular weight excluding hydrogens is 367 g/mol. The molecule has 0 aliphatic rings. The minimum Gasteiger partial charge on any atom is -0.336 e. The van der Waals surface area contributed by atoms with Gasteiger partial charge in [-0.1, -0.05) is 18.2 Å². The fourth-order valence-corrected chi connectivity index (χ4v) is 2.88. The summed E-state index contributed by atoms with van der Waals surface area (Å²) in [6, 6.07) is 9.17. The van der Waals surface area contributed by atoms with Gasteiger partial charge in [0.05, 0.1) is 17.6 Å². The lowest BCUT2D eigenvalue weighted by atomic mass is 10.0. The molecule has 0 aliphatic carbocycles. The summed E-state index contributed by atoms with van der Waals surface area (Å²) in [4.78, 5) is 16.5. The van der Waals surface area contributed by atoms with Crippen LogP contribution in [0.2, 0.25) is 0 Å². The molecule has 28 heavy (non-hydrogen) atoms. The number of benzene rings is 1. The smallest absolute Gasteiger partial charge is 0.336 e. The molecule has 0 saturated heterocycles. The number of amidine groups is 1. The van der Waals surface area contributed by atoms with E-state index in [1.807, 2.05) is 0 Å². The zero-order chi connectivity index (χ0) is 20.1. The number of aromatic nitrogens is 3. The molecule has 0 fully saturated rings. The third-order valence-corrected chi connectivity index (χ3v) is 4.24. The fraction of sp³-hybridized carbons (Fsp3) is 0.200. The molecule has 0 bridgehead atoms. The second-order valence-corrected chi connectivity index (χ2v) is 6.04. The van der Waals surface area contributed by atoms with E-state index in [2.05, 4.69) is 26.7 Å². The normalized spacial score (nSPS) is 12.2. The summed E-state index contributed by atoms with van der Waals surface area (Å²) < 4.78 is 41.1. The minimum atomic E-state index is -4.36. The molecule has 0 N–H and O–H groups in total. The zero-order valence-electron chi connectivity index (χ0n) is 15.2. The quantitative estimate of drug-likeness (QED) is 0.486. The maximum absolute atomic E-state index is 13.1. The highest BCUT2D eigenvalue weighted by molar-refractivity contribution is 6.01. The molecule has 2 aromatic heterocycles. The van der Waals surface area contributed by atoms with Crippen LogP contribution in [0.15, 0.2) is 65.1 Å². The molecule has 0 atom stereocenters. The van der Waals surface area contributed by atoms with Crippen LogP contribution in [0.5, 0.6) is 0 Å². The number of rotatable bonds is 5. The average Bonchev–Trinajstić information content (AvgIpc) is 3.16. The molecule has 2 heterocycles. The predicted molar refractivity (Wildman–Crippen MR) is 103 cm³/mol. The Morgan fingerprint density at radius 2 is 1.93 bits per heavy atom. The van der Waals surface area contributed by atoms with Crippen molar-refractivity contribution in [1.82, 2.24) is 14.5 Å². The molecule has 0 radical (unpaired) electrons. The van der Waals surface area contributed by atoms with E-state index in [9.17, 15) is 13.2 Å². The Bertz CT molecular complexity index is 1000. The number of hydrogen-bond acceptors (Lipinski definition) is 3. The van der Waals surface area contributed by atoms with Gasteiger partial charge in [0.25, 0.3) is 0 Å². The Morgan fingerprint density at radius 3 is 2.64 bits per heavy atom. The summed E-state index contributed by atoms with van der Waals surface area (Å²) in [6.07, 6.45) is 0.844. The van der Waals surface area contributed by atoms with Crippen molar-refractivity contribution < 1.29 is 13.2 Å². The van der Waals surface area contributed by atoms with Crippen LogP contribution in [0.4, 0.5) is 13.2 Å². The van der Waals surface area contributed by atoms with Gasteiger partial charge in [-0.3, -0.25) is 9.98 Å². The summed E-state index contributed by atoms with van der Waals surface area (Å²) in [7, 11) is 1.62. The van der Waals surface area contributed by atoms with Gasteiger partial charge in [-0.05, 0) is 36.9 Å². The second-order valence-electron chi connectivity index (χ2n) is 6.04. The molecule has 1 aromatic carbocycles. The van der Waals surface area contributed by atoms with Crippen LogP contribution >= 0.6 is 0 Å². The number of imidazole rings is 1. The molecule has 3 aromatic rings. The monoisotopic (exact) mass is 385 g/mol. The minimum absolute atomic E-state index is 0.242. The maximum atomic E-state index is 13.1. The highest BCUT2D eigenvalue weighted by Gasteiger charge is 2.32. The van der Waals surface area contributed by atoms with Crippen LogP contribution in [0.25, 0.3) is 11.4 Å². The van der Waals surface area contributed by atoms with Crippen LogP contribution in [-0.4, -0.2) is 34.1 Å². The van der Waals surface area contributed by atoms with Gasteiger partial charge < -0.3 is 4.57 Å². The summed E-state index contributed by atoms with van der Waals surface area (Å²) in [5.74, 6) is 0.492. The first-order valence-electron chi connectivity index (χ1n) is 8.49. The number of hydrogen-bond donors (Lipinski definition) is 0. The van der Waals surface area contributed by atoms with Crippen molar-refractivity contribution >= 4 is 12.6 Å². The number of halogens is 3. The molecule has 5 nitrogen and oxygen atoms in total. The average molecular weight is 385 g/mol. The predicted octanol–water partition coefficient (Wildman–Crippen LogP) is 4.28. The van der Waals surface area contributed by atoms with E-state index in [0.717, 1.165) is 11.6 Å². The van der Waals surface area contributed by atoms with E-state index in [1.54, 1.807) is 48.5 Å². The Morgan fingerprint density at radius 1 is 1.14 bits per heavy atom. The first-order valence-corrected chi connectivity index (χ1v) is 8.49. The number of nitrogens with zero attached hydrogens (tertiary/aromatic N) is 5. The van der Waals surface area contributed by atoms with Crippen molar-refractivity contribution in [1.29, 1.82) is 0 Å². The number of pyridine rings is 1. The standard InChI is InChI=1S/C20H18F3N5/c1-24-19(25-2)15-7-9-26-17(11-15)18-12-28(13-27-18)10-8-14-5-3-4-6-16(14)20(21,22)23/h3-7,9,11-13H,1,8,10H2,2H3. The highest BCUT2D eigenvalue weighted by atomic mass is 19.4. The lowest BCUT2D eigenvalue weighted by Crippen LogP contribution is -2.10. The molecule has 0 unspecified atom stereocenters. The van der Waals surface area contributed by atoms with Gasteiger partial charge in [-0.25, -0.2) is 9.98 Å². The van der Waals surface area contributed by atoms with Crippen molar-refractivity contribution in [2.75, 3.05) is 7.05 Å². The van der Waals surface area contributed by atoms with E-state index in [1.165, 1.54) is 12.1 Å². The van der Waals surface area contributed by atoms with Crippen molar-refractivity contribution in [2.24, 2.45) is 9.98 Å². The van der Waals surface area contributed by atoms with E-state index in [4.69, 9.17) is 0 Å². The van der Waals surface area contributed by atoms with Gasteiger partial charge in [0.1, 0.15) is 5.69 Å². The van der Waals surface area contributed by atoms with Crippen LogP contribution in [0, 0.1) is 0 Å². The van der Waals surface area contributed by atoms with Crippen LogP contribution in [0.1, 0.15) is 16.7 Å². The molecule has 0 saturated carbocycles. The SMILES string of the molecule is C=NC(=NC)c1ccnc(-c2cn(CCc3ccccc3C(F)(F)F)cn2)c1. The van der Waals surface area contributed by atoms with Crippen molar-refractivity contribution in [3.8, 4) is 11.4 Å². The van der Waals surface area contributed by atoms with Gasteiger partial charge >= 0.3 is 6.18 Å².